The first-order valence-corrected chi connectivity index (χ1v) is 10.2. The van der Waals surface area contributed by atoms with Crippen molar-refractivity contribution < 1.29 is 14.3 Å². The van der Waals surface area contributed by atoms with Gasteiger partial charge in [0.15, 0.2) is 0 Å². The molecule has 1 aliphatic rings. The van der Waals surface area contributed by atoms with Crippen molar-refractivity contribution in [2.24, 2.45) is 0 Å². The summed E-state index contributed by atoms with van der Waals surface area (Å²) in [5.74, 6) is 0.528. The minimum Gasteiger partial charge on any atom is -0.489 e. The van der Waals surface area contributed by atoms with Crippen LogP contribution in [0.15, 0.2) is 103 Å². The fourth-order valence-electron chi connectivity index (χ4n) is 3.29. The summed E-state index contributed by atoms with van der Waals surface area (Å²) in [6.07, 6.45) is 8.74. The Balaban J connectivity index is 1.33. The molecule has 0 amide bonds. The molecule has 0 radical (unpaired) electrons. The van der Waals surface area contributed by atoms with Crippen LogP contribution in [0.25, 0.3) is 11.1 Å². The van der Waals surface area contributed by atoms with E-state index in [1.165, 1.54) is 5.57 Å². The van der Waals surface area contributed by atoms with Crippen molar-refractivity contribution in [1.82, 2.24) is 0 Å². The highest BCUT2D eigenvalue weighted by Crippen LogP contribution is 2.24. The molecule has 1 aliphatic carbocycles. The van der Waals surface area contributed by atoms with Gasteiger partial charge in [-0.25, -0.2) is 4.79 Å². The Kier molecular flexibility index (Phi) is 6.41. The largest absolute Gasteiger partial charge is 0.489 e. The maximum atomic E-state index is 12.3. The van der Waals surface area contributed by atoms with Crippen molar-refractivity contribution in [3.63, 3.8) is 0 Å². The first kappa shape index (κ1) is 19.7. The second-order valence-electron chi connectivity index (χ2n) is 7.21. The predicted octanol–water partition coefficient (Wildman–Crippen LogP) is 6.37. The molecule has 3 aromatic rings. The molecule has 0 spiro atoms. The van der Waals surface area contributed by atoms with Gasteiger partial charge in [-0.2, -0.15) is 0 Å². The van der Waals surface area contributed by atoms with Crippen molar-refractivity contribution in [2.45, 2.75) is 19.4 Å². The van der Waals surface area contributed by atoms with E-state index in [4.69, 9.17) is 9.47 Å². The molecule has 3 heteroatoms. The second-order valence-corrected chi connectivity index (χ2v) is 7.21. The topological polar surface area (TPSA) is 35.5 Å². The number of benzene rings is 3. The molecule has 0 fully saturated rings. The van der Waals surface area contributed by atoms with Crippen LogP contribution in [0.4, 0.5) is 0 Å². The molecule has 0 N–H and O–H groups in total. The van der Waals surface area contributed by atoms with Crippen LogP contribution in [0.5, 0.6) is 5.75 Å². The summed E-state index contributed by atoms with van der Waals surface area (Å²) in [7, 11) is 0. The lowest BCUT2D eigenvalue weighted by Gasteiger charge is -2.10. The molecule has 150 valence electrons. The minimum atomic E-state index is -0.319. The average Bonchev–Trinajstić information content (AvgIpc) is 2.83. The van der Waals surface area contributed by atoms with E-state index in [9.17, 15) is 4.79 Å². The number of carbonyl (C=O) groups excluding carboxylic acids is 1. The summed E-state index contributed by atoms with van der Waals surface area (Å²) in [6, 6.07) is 25.2. The van der Waals surface area contributed by atoms with E-state index in [2.05, 4.69) is 18.2 Å². The summed E-state index contributed by atoms with van der Waals surface area (Å²) >= 11 is 0. The second kappa shape index (κ2) is 9.75. The van der Waals surface area contributed by atoms with E-state index < -0.39 is 0 Å². The van der Waals surface area contributed by atoms with Crippen molar-refractivity contribution >= 4 is 5.97 Å². The highest BCUT2D eigenvalue weighted by Gasteiger charge is 2.08. The van der Waals surface area contributed by atoms with Crippen LogP contribution in [-0.4, -0.2) is 12.6 Å². The summed E-state index contributed by atoms with van der Waals surface area (Å²) in [4.78, 5) is 12.3. The third-order valence-corrected chi connectivity index (χ3v) is 5.00. The highest BCUT2D eigenvalue weighted by molar-refractivity contribution is 5.90. The van der Waals surface area contributed by atoms with E-state index in [0.29, 0.717) is 12.2 Å². The molecule has 0 bridgehead atoms. The van der Waals surface area contributed by atoms with Gasteiger partial charge in [0.1, 0.15) is 19.0 Å². The van der Waals surface area contributed by atoms with Gasteiger partial charge in [0.05, 0.1) is 5.56 Å². The van der Waals surface area contributed by atoms with Crippen LogP contribution < -0.4 is 4.74 Å². The van der Waals surface area contributed by atoms with E-state index in [-0.39, 0.29) is 12.6 Å². The van der Waals surface area contributed by atoms with Gasteiger partial charge in [0, 0.05) is 0 Å². The SMILES string of the molecule is O=C(OCc1ccccc1)c1ccc(-c2ccc(OCC3=CCCC=C3)cc2)cc1. The van der Waals surface area contributed by atoms with Crippen LogP contribution in [0.3, 0.4) is 0 Å². The lowest BCUT2D eigenvalue weighted by Crippen LogP contribution is -2.05. The minimum absolute atomic E-state index is 0.273. The van der Waals surface area contributed by atoms with Crippen LogP contribution in [-0.2, 0) is 11.3 Å². The quantitative estimate of drug-likeness (QED) is 0.436. The molecular formula is C27H24O3. The molecule has 0 aromatic heterocycles. The van der Waals surface area contributed by atoms with Gasteiger partial charge in [-0.1, -0.05) is 72.8 Å². The number of carbonyl (C=O) groups is 1. The van der Waals surface area contributed by atoms with E-state index >= 15 is 0 Å². The maximum absolute atomic E-state index is 12.3. The summed E-state index contributed by atoms with van der Waals surface area (Å²) < 4.78 is 11.3. The summed E-state index contributed by atoms with van der Waals surface area (Å²) in [5, 5.41) is 0. The molecule has 0 atom stereocenters. The van der Waals surface area contributed by atoms with Crippen molar-refractivity contribution in [2.75, 3.05) is 6.61 Å². The Morgan fingerprint density at radius 3 is 2.13 bits per heavy atom. The fraction of sp³-hybridized carbons (Fsp3) is 0.148. The Bertz CT molecular complexity index is 1030. The fourth-order valence-corrected chi connectivity index (χ4v) is 3.29. The lowest BCUT2D eigenvalue weighted by molar-refractivity contribution is 0.0472. The number of hydrogen-bond donors (Lipinski definition) is 0. The summed E-state index contributed by atoms with van der Waals surface area (Å²) in [5.41, 5.74) is 4.85. The molecule has 0 saturated carbocycles. The first-order valence-electron chi connectivity index (χ1n) is 10.2. The number of hydrogen-bond acceptors (Lipinski definition) is 3. The summed E-state index contributed by atoms with van der Waals surface area (Å²) in [6.45, 7) is 0.866. The zero-order chi connectivity index (χ0) is 20.6. The van der Waals surface area contributed by atoms with E-state index in [0.717, 1.165) is 35.3 Å². The van der Waals surface area contributed by atoms with Crippen molar-refractivity contribution in [3.8, 4) is 16.9 Å². The predicted molar refractivity (Wildman–Crippen MR) is 119 cm³/mol. The number of esters is 1. The Hall–Kier alpha value is -3.59. The third kappa shape index (κ3) is 5.26. The van der Waals surface area contributed by atoms with Crippen LogP contribution in [0.1, 0.15) is 28.8 Å². The monoisotopic (exact) mass is 396 g/mol. The van der Waals surface area contributed by atoms with Gasteiger partial charge >= 0.3 is 5.97 Å². The Morgan fingerprint density at radius 2 is 1.47 bits per heavy atom. The normalized spacial score (nSPS) is 12.9. The van der Waals surface area contributed by atoms with Crippen molar-refractivity contribution in [1.29, 1.82) is 0 Å². The van der Waals surface area contributed by atoms with E-state index in [1.54, 1.807) is 12.1 Å². The van der Waals surface area contributed by atoms with E-state index in [1.807, 2.05) is 66.7 Å². The number of ether oxygens (including phenoxy) is 2. The number of allylic oxidation sites excluding steroid dienone is 2. The van der Waals surface area contributed by atoms with Crippen LogP contribution in [0, 0.1) is 0 Å². The zero-order valence-electron chi connectivity index (χ0n) is 16.8. The van der Waals surface area contributed by atoms with Gasteiger partial charge < -0.3 is 9.47 Å². The Morgan fingerprint density at radius 1 is 0.767 bits per heavy atom. The average molecular weight is 396 g/mol. The van der Waals surface area contributed by atoms with Gasteiger partial charge in [-0.05, 0) is 59.4 Å². The molecule has 0 saturated heterocycles. The molecule has 4 rings (SSSR count). The molecule has 3 nitrogen and oxygen atoms in total. The molecule has 0 heterocycles. The van der Waals surface area contributed by atoms with Gasteiger partial charge in [0.2, 0.25) is 0 Å². The first-order chi connectivity index (χ1) is 14.8. The zero-order valence-corrected chi connectivity index (χ0v) is 16.8. The molecule has 3 aromatic carbocycles. The smallest absolute Gasteiger partial charge is 0.338 e. The van der Waals surface area contributed by atoms with Gasteiger partial charge in [0.25, 0.3) is 0 Å². The van der Waals surface area contributed by atoms with Crippen molar-refractivity contribution in [3.05, 3.63) is 114 Å². The molecule has 30 heavy (non-hydrogen) atoms. The number of rotatable bonds is 7. The molecule has 0 unspecified atom stereocenters. The van der Waals surface area contributed by atoms with Gasteiger partial charge in [-0.3, -0.25) is 0 Å². The third-order valence-electron chi connectivity index (χ3n) is 5.00. The highest BCUT2D eigenvalue weighted by atomic mass is 16.5. The Labute approximate surface area is 177 Å². The molecule has 0 aliphatic heterocycles. The van der Waals surface area contributed by atoms with Crippen LogP contribution in [0.2, 0.25) is 0 Å². The lowest BCUT2D eigenvalue weighted by atomic mass is 10.0. The van der Waals surface area contributed by atoms with Gasteiger partial charge in [-0.15, -0.1) is 0 Å². The standard InChI is InChI=1S/C27H24O3/c28-27(30-20-22-9-5-2-6-10-22)25-13-11-23(12-14-25)24-15-17-26(18-16-24)29-19-21-7-3-1-4-8-21/h2-3,5-18H,1,4,19-20H2. The van der Waals surface area contributed by atoms with Crippen LogP contribution >= 0.6 is 0 Å². The maximum Gasteiger partial charge on any atom is 0.338 e. The molecular weight excluding hydrogens is 372 g/mol.